The van der Waals surface area contributed by atoms with Crippen molar-refractivity contribution >= 4 is 51.7 Å². The molecule has 0 atom stereocenters. The second-order valence-corrected chi connectivity index (χ2v) is 9.36. The number of amides is 2. The fourth-order valence-corrected chi connectivity index (χ4v) is 4.58. The molecule has 1 heterocycles. The minimum absolute atomic E-state index is 0.158. The number of thioether (sulfide) groups is 1. The van der Waals surface area contributed by atoms with E-state index in [9.17, 15) is 19.2 Å². The first-order valence-corrected chi connectivity index (χ1v) is 12.5. The van der Waals surface area contributed by atoms with Crippen LogP contribution in [0.25, 0.3) is 16.8 Å². The topological polar surface area (TPSA) is 99.2 Å². The van der Waals surface area contributed by atoms with E-state index in [4.69, 9.17) is 14.2 Å². The van der Waals surface area contributed by atoms with Crippen LogP contribution >= 0.6 is 11.8 Å². The lowest BCUT2D eigenvalue weighted by Gasteiger charge is -2.13. The Morgan fingerprint density at radius 2 is 1.76 bits per heavy atom. The number of carbonyl (C=O) groups excluding carboxylic acids is 4. The van der Waals surface area contributed by atoms with E-state index in [1.54, 1.807) is 51.1 Å². The van der Waals surface area contributed by atoms with E-state index < -0.39 is 29.6 Å². The first-order chi connectivity index (χ1) is 17.8. The van der Waals surface area contributed by atoms with Crippen molar-refractivity contribution < 1.29 is 33.4 Å². The summed E-state index contributed by atoms with van der Waals surface area (Å²) in [5, 5.41) is 1.14. The summed E-state index contributed by atoms with van der Waals surface area (Å²) in [6, 6.07) is 17.8. The number of hydrogen-bond donors (Lipinski definition) is 0. The van der Waals surface area contributed by atoms with Crippen LogP contribution in [0.4, 0.5) is 4.79 Å². The van der Waals surface area contributed by atoms with E-state index in [0.717, 1.165) is 27.4 Å². The van der Waals surface area contributed by atoms with Gasteiger partial charge in [-0.2, -0.15) is 0 Å². The van der Waals surface area contributed by atoms with E-state index in [0.29, 0.717) is 23.5 Å². The van der Waals surface area contributed by atoms with Crippen molar-refractivity contribution in [2.75, 3.05) is 13.2 Å². The number of hydrogen-bond acceptors (Lipinski definition) is 8. The molecule has 1 fully saturated rings. The summed E-state index contributed by atoms with van der Waals surface area (Å²) in [6.07, 6.45) is 1.17. The fraction of sp³-hybridized carbons (Fsp3) is 0.214. The molecule has 0 saturated carbocycles. The van der Waals surface area contributed by atoms with Crippen molar-refractivity contribution in [2.24, 2.45) is 0 Å². The third kappa shape index (κ3) is 6.00. The van der Waals surface area contributed by atoms with Crippen molar-refractivity contribution in [3.8, 4) is 11.5 Å². The van der Waals surface area contributed by atoms with E-state index >= 15 is 0 Å². The first-order valence-electron chi connectivity index (χ1n) is 11.7. The molecule has 0 N–H and O–H groups in total. The third-order valence-corrected chi connectivity index (χ3v) is 6.21. The Labute approximate surface area is 218 Å². The Morgan fingerprint density at radius 1 is 1.00 bits per heavy atom. The van der Waals surface area contributed by atoms with Gasteiger partial charge in [0, 0.05) is 0 Å². The van der Waals surface area contributed by atoms with E-state index in [2.05, 4.69) is 0 Å². The predicted molar refractivity (Wildman–Crippen MR) is 140 cm³/mol. The monoisotopic (exact) mass is 519 g/mol. The van der Waals surface area contributed by atoms with Crippen LogP contribution in [-0.4, -0.2) is 47.2 Å². The van der Waals surface area contributed by atoms with Gasteiger partial charge < -0.3 is 14.2 Å². The average Bonchev–Trinajstić information content (AvgIpc) is 3.12. The second kappa shape index (κ2) is 11.3. The summed E-state index contributed by atoms with van der Waals surface area (Å²) in [5.41, 5.74) is 0.984. The molecule has 3 aromatic rings. The Bertz CT molecular complexity index is 1410. The van der Waals surface area contributed by atoms with E-state index in [-0.39, 0.29) is 16.8 Å². The largest absolute Gasteiger partial charge is 0.490 e. The highest BCUT2D eigenvalue weighted by Crippen LogP contribution is 2.35. The summed E-state index contributed by atoms with van der Waals surface area (Å²) < 4.78 is 16.4. The van der Waals surface area contributed by atoms with Gasteiger partial charge in [0.05, 0.1) is 23.2 Å². The smallest absolute Gasteiger partial charge is 0.344 e. The molecule has 3 aromatic carbocycles. The zero-order valence-electron chi connectivity index (χ0n) is 20.6. The van der Waals surface area contributed by atoms with Crippen molar-refractivity contribution in [1.82, 2.24) is 4.90 Å². The first kappa shape index (κ1) is 26.0. The number of ether oxygens (including phenoxy) is 3. The number of benzene rings is 3. The van der Waals surface area contributed by atoms with Crippen LogP contribution in [0.3, 0.4) is 0 Å². The van der Waals surface area contributed by atoms with Gasteiger partial charge in [-0.05, 0) is 73.1 Å². The Balaban J connectivity index is 1.55. The molecule has 0 aromatic heterocycles. The molecule has 0 aliphatic carbocycles. The van der Waals surface area contributed by atoms with Gasteiger partial charge in [-0.25, -0.2) is 4.79 Å². The number of esters is 2. The molecule has 4 rings (SSSR count). The maximum absolute atomic E-state index is 13.0. The minimum atomic E-state index is -0.658. The van der Waals surface area contributed by atoms with Gasteiger partial charge in [-0.3, -0.25) is 19.3 Å². The van der Waals surface area contributed by atoms with E-state index in [1.807, 2.05) is 30.3 Å². The molecule has 0 radical (unpaired) electrons. The maximum atomic E-state index is 13.0. The molecule has 37 heavy (non-hydrogen) atoms. The van der Waals surface area contributed by atoms with Gasteiger partial charge in [0.25, 0.3) is 11.1 Å². The molecular weight excluding hydrogens is 494 g/mol. The summed E-state index contributed by atoms with van der Waals surface area (Å²) in [5.74, 6) is -1.24. The molecule has 1 aliphatic heterocycles. The maximum Gasteiger partial charge on any atom is 0.344 e. The average molecular weight is 520 g/mol. The molecule has 1 saturated heterocycles. The van der Waals surface area contributed by atoms with Crippen molar-refractivity contribution in [3.05, 3.63) is 76.7 Å². The molecule has 190 valence electrons. The van der Waals surface area contributed by atoms with Gasteiger partial charge >= 0.3 is 11.9 Å². The molecule has 9 heteroatoms. The number of fused-ring (bicyclic) bond motifs is 1. The lowest BCUT2D eigenvalue weighted by atomic mass is 10.0. The highest BCUT2D eigenvalue weighted by Gasteiger charge is 2.36. The summed E-state index contributed by atoms with van der Waals surface area (Å²) >= 11 is 0.735. The Morgan fingerprint density at radius 3 is 2.51 bits per heavy atom. The minimum Gasteiger partial charge on any atom is -0.490 e. The molecule has 0 spiro atoms. The SMILES string of the molecule is CCOc1cc(/C=C2\SC(=O)N(CC(=O)OC(C)C)C2=O)ccc1OC(=O)c1cccc2ccccc12. The summed E-state index contributed by atoms with van der Waals surface area (Å²) in [7, 11) is 0. The quantitative estimate of drug-likeness (QED) is 0.220. The van der Waals surface area contributed by atoms with Crippen LogP contribution in [0.1, 0.15) is 36.7 Å². The van der Waals surface area contributed by atoms with Gasteiger partial charge in [0.15, 0.2) is 11.5 Å². The van der Waals surface area contributed by atoms with Gasteiger partial charge in [-0.1, -0.05) is 42.5 Å². The summed E-state index contributed by atoms with van der Waals surface area (Å²) in [4.78, 5) is 51.0. The van der Waals surface area contributed by atoms with Gasteiger partial charge in [0.1, 0.15) is 6.54 Å². The molecular formula is C28H25NO7S. The second-order valence-electron chi connectivity index (χ2n) is 8.36. The standard InChI is InChI=1S/C28H25NO7S/c1-4-34-23-14-18(15-24-26(31)29(28(33)37-24)16-25(30)35-17(2)3)12-13-22(23)36-27(32)21-11-7-9-19-8-5-6-10-20(19)21/h5-15,17H,4,16H2,1-3H3/b24-15-. The van der Waals surface area contributed by atoms with Crippen LogP contribution in [0.2, 0.25) is 0 Å². The zero-order chi connectivity index (χ0) is 26.5. The number of carbonyl (C=O) groups is 4. The van der Waals surface area contributed by atoms with Crippen molar-refractivity contribution in [2.45, 2.75) is 26.9 Å². The van der Waals surface area contributed by atoms with Crippen LogP contribution in [-0.2, 0) is 14.3 Å². The van der Waals surface area contributed by atoms with Gasteiger partial charge in [-0.15, -0.1) is 0 Å². The molecule has 0 bridgehead atoms. The molecule has 8 nitrogen and oxygen atoms in total. The fourth-order valence-electron chi connectivity index (χ4n) is 3.74. The van der Waals surface area contributed by atoms with Crippen molar-refractivity contribution in [1.29, 1.82) is 0 Å². The lowest BCUT2D eigenvalue weighted by Crippen LogP contribution is -2.35. The molecule has 2 amide bonds. The van der Waals surface area contributed by atoms with Crippen LogP contribution in [0.5, 0.6) is 11.5 Å². The van der Waals surface area contributed by atoms with Crippen LogP contribution in [0.15, 0.2) is 65.6 Å². The highest BCUT2D eigenvalue weighted by molar-refractivity contribution is 8.18. The molecule has 1 aliphatic rings. The lowest BCUT2D eigenvalue weighted by molar-refractivity contribution is -0.149. The summed E-state index contributed by atoms with van der Waals surface area (Å²) in [6.45, 7) is 5.03. The number of rotatable bonds is 8. The number of nitrogens with zero attached hydrogens (tertiary/aromatic N) is 1. The normalized spacial score (nSPS) is 14.5. The van der Waals surface area contributed by atoms with Crippen LogP contribution < -0.4 is 9.47 Å². The molecule has 0 unspecified atom stereocenters. The van der Waals surface area contributed by atoms with Crippen molar-refractivity contribution in [3.63, 3.8) is 0 Å². The zero-order valence-corrected chi connectivity index (χ0v) is 21.4. The Hall–Kier alpha value is -4.11. The Kier molecular flexibility index (Phi) is 7.93. The predicted octanol–water partition coefficient (Wildman–Crippen LogP) is 5.45. The van der Waals surface area contributed by atoms with Crippen LogP contribution in [0, 0.1) is 0 Å². The highest BCUT2D eigenvalue weighted by atomic mass is 32.2. The van der Waals surface area contributed by atoms with E-state index in [1.165, 1.54) is 6.08 Å². The third-order valence-electron chi connectivity index (χ3n) is 5.31. The number of imide groups is 1. The van der Waals surface area contributed by atoms with Gasteiger partial charge in [0.2, 0.25) is 0 Å².